The lowest BCUT2D eigenvalue weighted by molar-refractivity contribution is -0.128. The van der Waals surface area contributed by atoms with Gasteiger partial charge in [0.05, 0.1) is 5.75 Å². The van der Waals surface area contributed by atoms with Crippen molar-refractivity contribution in [1.82, 2.24) is 15.1 Å². The van der Waals surface area contributed by atoms with Crippen LogP contribution in [0.15, 0.2) is 24.3 Å². The third kappa shape index (κ3) is 5.71. The van der Waals surface area contributed by atoms with E-state index in [9.17, 15) is 9.59 Å². The van der Waals surface area contributed by atoms with Crippen molar-refractivity contribution in [1.29, 1.82) is 0 Å². The molecule has 2 fully saturated rings. The number of carbonyl (C=O) groups excluding carboxylic acids is 2. The maximum atomic E-state index is 12.6. The number of nitrogens with one attached hydrogen (secondary N) is 1. The van der Waals surface area contributed by atoms with Crippen molar-refractivity contribution in [3.05, 3.63) is 35.4 Å². The Bertz CT molecular complexity index is 756. The average Bonchev–Trinajstić information content (AvgIpc) is 3.01. The smallest absolute Gasteiger partial charge is 0.317 e. The lowest BCUT2D eigenvalue weighted by atomic mass is 9.86. The molecule has 166 valence electrons. The molecule has 30 heavy (non-hydrogen) atoms. The second kappa shape index (κ2) is 8.81. The maximum absolute atomic E-state index is 12.6. The lowest BCUT2D eigenvalue weighted by Gasteiger charge is -2.36. The molecule has 3 amide bonds. The van der Waals surface area contributed by atoms with E-state index >= 15 is 0 Å². The van der Waals surface area contributed by atoms with Gasteiger partial charge in [-0.15, -0.1) is 11.8 Å². The van der Waals surface area contributed by atoms with Crippen molar-refractivity contribution in [3.63, 3.8) is 0 Å². The zero-order valence-electron chi connectivity index (χ0n) is 19.3. The number of carbonyl (C=O) groups is 2. The summed E-state index contributed by atoms with van der Waals surface area (Å²) in [5.41, 5.74) is 2.43. The van der Waals surface area contributed by atoms with Gasteiger partial charge in [0.1, 0.15) is 5.37 Å². The van der Waals surface area contributed by atoms with Crippen molar-refractivity contribution < 1.29 is 9.59 Å². The highest BCUT2D eigenvalue weighted by Gasteiger charge is 2.35. The van der Waals surface area contributed by atoms with Crippen molar-refractivity contribution in [3.8, 4) is 0 Å². The molecule has 0 bridgehead atoms. The molecule has 6 heteroatoms. The Balaban J connectivity index is 1.59. The minimum absolute atomic E-state index is 0.0190. The summed E-state index contributed by atoms with van der Waals surface area (Å²) in [5, 5.41) is 3.15. The molecule has 1 aromatic carbocycles. The molecule has 2 saturated heterocycles. The predicted octanol–water partition coefficient (Wildman–Crippen LogP) is 4.78. The SMILES string of the molecule is CC(C)(C)NC(=O)N1CCC(CN2C(=O)CSC2c2ccc(C(C)(C)C)cc2)CC1. The van der Waals surface area contributed by atoms with Gasteiger partial charge < -0.3 is 15.1 Å². The summed E-state index contributed by atoms with van der Waals surface area (Å²) in [6.07, 6.45) is 1.89. The van der Waals surface area contributed by atoms with Crippen LogP contribution < -0.4 is 5.32 Å². The van der Waals surface area contributed by atoms with E-state index in [-0.39, 0.29) is 28.3 Å². The highest BCUT2D eigenvalue weighted by Crippen LogP contribution is 2.40. The molecule has 0 spiro atoms. The quantitative estimate of drug-likeness (QED) is 0.749. The van der Waals surface area contributed by atoms with Gasteiger partial charge in [-0.1, -0.05) is 45.0 Å². The predicted molar refractivity (Wildman–Crippen MR) is 125 cm³/mol. The maximum Gasteiger partial charge on any atom is 0.317 e. The average molecular weight is 432 g/mol. The van der Waals surface area contributed by atoms with E-state index in [2.05, 4.69) is 55.3 Å². The van der Waals surface area contributed by atoms with Crippen LogP contribution in [0, 0.1) is 5.92 Å². The number of benzene rings is 1. The van der Waals surface area contributed by atoms with E-state index in [4.69, 9.17) is 0 Å². The topological polar surface area (TPSA) is 52.7 Å². The van der Waals surface area contributed by atoms with E-state index in [0.717, 1.165) is 32.5 Å². The van der Waals surface area contributed by atoms with Gasteiger partial charge >= 0.3 is 6.03 Å². The van der Waals surface area contributed by atoms with E-state index in [1.54, 1.807) is 11.8 Å². The molecule has 2 heterocycles. The molecule has 5 nitrogen and oxygen atoms in total. The van der Waals surface area contributed by atoms with E-state index in [1.807, 2.05) is 25.7 Å². The van der Waals surface area contributed by atoms with Gasteiger partial charge in [0, 0.05) is 25.2 Å². The first kappa shape index (κ1) is 23.0. The van der Waals surface area contributed by atoms with Crippen LogP contribution in [0.25, 0.3) is 0 Å². The van der Waals surface area contributed by atoms with Crippen molar-refractivity contribution in [2.24, 2.45) is 5.92 Å². The van der Waals surface area contributed by atoms with Gasteiger partial charge in [-0.3, -0.25) is 4.79 Å². The molecule has 1 unspecified atom stereocenters. The fourth-order valence-corrected chi connectivity index (χ4v) is 5.27. The molecule has 0 saturated carbocycles. The molecule has 2 aliphatic rings. The molecule has 0 aromatic heterocycles. The van der Waals surface area contributed by atoms with Crippen molar-refractivity contribution in [2.45, 2.75) is 70.7 Å². The summed E-state index contributed by atoms with van der Waals surface area (Å²) in [5.74, 6) is 1.24. The summed E-state index contributed by atoms with van der Waals surface area (Å²) >= 11 is 1.73. The number of piperidine rings is 1. The molecular weight excluding hydrogens is 394 g/mol. The number of nitrogens with zero attached hydrogens (tertiary/aromatic N) is 2. The van der Waals surface area contributed by atoms with Crippen LogP contribution in [0.3, 0.4) is 0 Å². The Morgan fingerprint density at radius 1 is 1.07 bits per heavy atom. The van der Waals surface area contributed by atoms with Crippen LogP contribution in [-0.4, -0.2) is 52.7 Å². The first-order valence-electron chi connectivity index (χ1n) is 11.0. The first-order valence-corrected chi connectivity index (χ1v) is 12.1. The molecule has 1 atom stereocenters. The molecule has 1 aromatic rings. The Morgan fingerprint density at radius 2 is 1.67 bits per heavy atom. The Kier molecular flexibility index (Phi) is 6.75. The number of hydrogen-bond donors (Lipinski definition) is 1. The summed E-state index contributed by atoms with van der Waals surface area (Å²) in [4.78, 5) is 29.0. The number of likely N-dealkylation sites (tertiary alicyclic amines) is 1. The van der Waals surface area contributed by atoms with E-state index in [0.29, 0.717) is 11.7 Å². The van der Waals surface area contributed by atoms with Gasteiger partial charge in [-0.25, -0.2) is 4.79 Å². The van der Waals surface area contributed by atoms with Gasteiger partial charge in [0.25, 0.3) is 0 Å². The van der Waals surface area contributed by atoms with Crippen molar-refractivity contribution >= 4 is 23.7 Å². The lowest BCUT2D eigenvalue weighted by Crippen LogP contribution is -2.51. The highest BCUT2D eigenvalue weighted by atomic mass is 32.2. The first-order chi connectivity index (χ1) is 13.9. The minimum Gasteiger partial charge on any atom is -0.333 e. The highest BCUT2D eigenvalue weighted by molar-refractivity contribution is 8.00. The number of hydrogen-bond acceptors (Lipinski definition) is 3. The second-order valence-corrected chi connectivity index (χ2v) is 11.8. The van der Waals surface area contributed by atoms with Crippen LogP contribution in [0.1, 0.15) is 70.9 Å². The van der Waals surface area contributed by atoms with Gasteiger partial charge in [-0.2, -0.15) is 0 Å². The van der Waals surface area contributed by atoms with Crippen molar-refractivity contribution in [2.75, 3.05) is 25.4 Å². The van der Waals surface area contributed by atoms with Gasteiger partial charge in [0.15, 0.2) is 0 Å². The zero-order chi connectivity index (χ0) is 22.1. The van der Waals surface area contributed by atoms with Crippen LogP contribution in [0.4, 0.5) is 4.79 Å². The largest absolute Gasteiger partial charge is 0.333 e. The van der Waals surface area contributed by atoms with Crippen LogP contribution in [-0.2, 0) is 10.2 Å². The van der Waals surface area contributed by atoms with Crippen LogP contribution >= 0.6 is 11.8 Å². The molecule has 0 radical (unpaired) electrons. The van der Waals surface area contributed by atoms with E-state index in [1.165, 1.54) is 11.1 Å². The van der Waals surface area contributed by atoms with E-state index < -0.39 is 0 Å². The van der Waals surface area contributed by atoms with Gasteiger partial charge in [-0.05, 0) is 56.1 Å². The summed E-state index contributed by atoms with van der Waals surface area (Å²) < 4.78 is 0. The monoisotopic (exact) mass is 431 g/mol. The summed E-state index contributed by atoms with van der Waals surface area (Å²) in [6.45, 7) is 15.0. The third-order valence-corrected chi connectivity index (χ3v) is 7.12. The molecule has 1 N–H and O–H groups in total. The fraction of sp³-hybridized carbons (Fsp3) is 0.667. The van der Waals surface area contributed by atoms with Gasteiger partial charge in [0.2, 0.25) is 5.91 Å². The van der Waals surface area contributed by atoms with Crippen LogP contribution in [0.5, 0.6) is 0 Å². The number of urea groups is 1. The third-order valence-electron chi connectivity index (χ3n) is 5.87. The summed E-state index contributed by atoms with van der Waals surface area (Å²) in [6, 6.07) is 8.78. The second-order valence-electron chi connectivity index (χ2n) is 10.7. The molecule has 2 aliphatic heterocycles. The fourth-order valence-electron chi connectivity index (χ4n) is 4.07. The molecular formula is C24H37N3O2S. The van der Waals surface area contributed by atoms with Crippen LogP contribution in [0.2, 0.25) is 0 Å². The number of amides is 3. The standard InChI is InChI=1S/C24H37N3O2S/c1-23(2,3)19-9-7-18(8-10-19)21-27(20(28)16-30-21)15-17-11-13-26(14-12-17)22(29)25-24(4,5)6/h7-10,17,21H,11-16H2,1-6H3,(H,25,29). The minimum atomic E-state index is -0.219. The Labute approximate surface area is 186 Å². The summed E-state index contributed by atoms with van der Waals surface area (Å²) in [7, 11) is 0. The number of thioether (sulfide) groups is 1. The normalized spacial score (nSPS) is 21.3. The zero-order valence-corrected chi connectivity index (χ0v) is 20.1. The number of rotatable bonds is 3. The molecule has 3 rings (SSSR count). The molecule has 0 aliphatic carbocycles. The Hall–Kier alpha value is -1.69. The Morgan fingerprint density at radius 3 is 2.20 bits per heavy atom.